The van der Waals surface area contributed by atoms with Gasteiger partial charge in [-0.1, -0.05) is 51.1 Å². The van der Waals surface area contributed by atoms with Crippen LogP contribution in [0.4, 0.5) is 0 Å². The van der Waals surface area contributed by atoms with E-state index >= 15 is 0 Å². The molecular weight excluding hydrogens is 280 g/mol. The van der Waals surface area contributed by atoms with Crippen LogP contribution in [0.3, 0.4) is 0 Å². The lowest BCUT2D eigenvalue weighted by Crippen LogP contribution is -2.15. The highest BCUT2D eigenvalue weighted by Crippen LogP contribution is 2.35. The van der Waals surface area contributed by atoms with Crippen molar-refractivity contribution in [2.45, 2.75) is 33.1 Å². The summed E-state index contributed by atoms with van der Waals surface area (Å²) in [7, 11) is 0. The fourth-order valence-electron chi connectivity index (χ4n) is 2.63. The maximum Gasteiger partial charge on any atom is 0.195 e. The molecular formula is C17H18N2OS. The summed E-state index contributed by atoms with van der Waals surface area (Å²) >= 11 is 1.63. The third-order valence-corrected chi connectivity index (χ3v) is 4.51. The van der Waals surface area contributed by atoms with E-state index in [-0.39, 0.29) is 5.41 Å². The van der Waals surface area contributed by atoms with Gasteiger partial charge in [0.25, 0.3) is 0 Å². The topological polar surface area (TPSA) is 34.4 Å². The van der Waals surface area contributed by atoms with Crippen molar-refractivity contribution >= 4 is 22.6 Å². The highest BCUT2D eigenvalue weighted by Gasteiger charge is 2.26. The molecule has 108 valence electrons. The Kier molecular flexibility index (Phi) is 3.21. The first kappa shape index (κ1) is 14.0. The second-order valence-corrected chi connectivity index (χ2v) is 7.39. The average Bonchev–Trinajstić information content (AvgIpc) is 2.93. The van der Waals surface area contributed by atoms with E-state index in [1.165, 1.54) is 4.88 Å². The maximum atomic E-state index is 11.7. The number of aryl methyl sites for hydroxylation is 1. The first-order chi connectivity index (χ1) is 9.93. The van der Waals surface area contributed by atoms with Crippen LogP contribution in [0.25, 0.3) is 16.2 Å². The molecule has 0 fully saturated rings. The summed E-state index contributed by atoms with van der Waals surface area (Å²) in [6.07, 6.45) is 0.930. The molecule has 0 aliphatic carbocycles. The molecule has 2 heterocycles. The van der Waals surface area contributed by atoms with E-state index in [0.717, 1.165) is 28.2 Å². The fraction of sp³-hybridized carbons (Fsp3) is 0.294. The van der Waals surface area contributed by atoms with Gasteiger partial charge in [-0.3, -0.25) is 9.20 Å². The second-order valence-electron chi connectivity index (χ2n) is 6.20. The molecule has 4 heteroatoms. The van der Waals surface area contributed by atoms with Crippen LogP contribution in [0.1, 0.15) is 41.8 Å². The molecule has 21 heavy (non-hydrogen) atoms. The number of aldehydes is 1. The number of imidazole rings is 1. The van der Waals surface area contributed by atoms with Gasteiger partial charge in [0, 0.05) is 10.3 Å². The molecule has 3 aromatic rings. The van der Waals surface area contributed by atoms with E-state index in [1.54, 1.807) is 11.3 Å². The zero-order valence-corrected chi connectivity index (χ0v) is 13.5. The largest absolute Gasteiger partial charge is 0.296 e. The molecule has 0 amide bonds. The lowest BCUT2D eigenvalue weighted by Gasteiger charge is -2.16. The number of hydrogen-bond acceptors (Lipinski definition) is 3. The Labute approximate surface area is 128 Å². The Morgan fingerprint density at radius 2 is 1.86 bits per heavy atom. The minimum atomic E-state index is -0.149. The van der Waals surface area contributed by atoms with Gasteiger partial charge in [-0.2, -0.15) is 0 Å². The van der Waals surface area contributed by atoms with Crippen molar-refractivity contribution in [2.24, 2.45) is 0 Å². The molecule has 0 spiro atoms. The highest BCUT2D eigenvalue weighted by atomic mass is 32.1. The highest BCUT2D eigenvalue weighted by molar-refractivity contribution is 7.17. The predicted molar refractivity (Wildman–Crippen MR) is 87.3 cm³/mol. The van der Waals surface area contributed by atoms with Crippen LogP contribution in [0.2, 0.25) is 0 Å². The van der Waals surface area contributed by atoms with Crippen LogP contribution in [0.15, 0.2) is 30.3 Å². The predicted octanol–water partition coefficient (Wildman–Crippen LogP) is 4.48. The molecule has 1 aromatic carbocycles. The zero-order valence-electron chi connectivity index (χ0n) is 12.7. The number of rotatable bonds is 2. The molecule has 3 nitrogen and oxygen atoms in total. The van der Waals surface area contributed by atoms with Gasteiger partial charge in [0.1, 0.15) is 5.69 Å². The molecule has 0 aliphatic heterocycles. The van der Waals surface area contributed by atoms with Gasteiger partial charge < -0.3 is 0 Å². The summed E-state index contributed by atoms with van der Waals surface area (Å²) in [6, 6.07) is 10.2. The minimum absolute atomic E-state index is 0.149. The summed E-state index contributed by atoms with van der Waals surface area (Å²) in [5.41, 5.74) is 3.56. The van der Waals surface area contributed by atoms with Gasteiger partial charge in [0.15, 0.2) is 11.2 Å². The molecule has 0 saturated heterocycles. The Balaban J connectivity index is 2.38. The van der Waals surface area contributed by atoms with E-state index in [1.807, 2.05) is 22.6 Å². The number of fused-ring (bicyclic) bond motifs is 1. The van der Waals surface area contributed by atoms with Crippen LogP contribution >= 0.6 is 11.3 Å². The van der Waals surface area contributed by atoms with Crippen molar-refractivity contribution in [3.8, 4) is 11.3 Å². The first-order valence-electron chi connectivity index (χ1n) is 6.96. The minimum Gasteiger partial charge on any atom is -0.296 e. The molecule has 0 aliphatic rings. The van der Waals surface area contributed by atoms with Crippen LogP contribution in [0.5, 0.6) is 0 Å². The molecule has 2 aromatic heterocycles. The van der Waals surface area contributed by atoms with Crippen LogP contribution in [0, 0.1) is 6.92 Å². The Hall–Kier alpha value is -1.94. The van der Waals surface area contributed by atoms with Gasteiger partial charge >= 0.3 is 0 Å². The number of thiazole rings is 1. The lowest BCUT2D eigenvalue weighted by molar-refractivity contribution is 0.111. The molecule has 0 N–H and O–H groups in total. The Morgan fingerprint density at radius 1 is 1.19 bits per heavy atom. The van der Waals surface area contributed by atoms with Gasteiger partial charge in [-0.05, 0) is 12.5 Å². The molecule has 0 bridgehead atoms. The van der Waals surface area contributed by atoms with Crippen molar-refractivity contribution in [2.75, 3.05) is 0 Å². The Morgan fingerprint density at radius 3 is 2.43 bits per heavy atom. The second kappa shape index (κ2) is 4.81. The van der Waals surface area contributed by atoms with Gasteiger partial charge in [-0.15, -0.1) is 11.3 Å². The molecule has 0 saturated carbocycles. The van der Waals surface area contributed by atoms with E-state index in [9.17, 15) is 4.79 Å². The summed E-state index contributed by atoms with van der Waals surface area (Å²) in [4.78, 5) is 18.5. The number of hydrogen-bond donors (Lipinski definition) is 0. The molecule has 3 rings (SSSR count). The fourth-order valence-corrected chi connectivity index (χ4v) is 3.63. The zero-order chi connectivity index (χ0) is 15.2. The number of carbonyl (C=O) groups is 1. The molecule has 0 atom stereocenters. The van der Waals surface area contributed by atoms with Crippen molar-refractivity contribution in [1.82, 2.24) is 9.38 Å². The quantitative estimate of drug-likeness (QED) is 0.654. The first-order valence-corrected chi connectivity index (χ1v) is 7.78. The SMILES string of the molecule is Cc1sc2nc(C(C)(C)C)c(C=O)n2c1-c1ccccc1. The van der Waals surface area contributed by atoms with Crippen molar-refractivity contribution < 1.29 is 4.79 Å². The molecule has 0 unspecified atom stereocenters. The van der Waals surface area contributed by atoms with E-state index in [2.05, 4.69) is 39.8 Å². The van der Waals surface area contributed by atoms with E-state index in [0.29, 0.717) is 5.69 Å². The number of nitrogens with zero attached hydrogens (tertiary/aromatic N) is 2. The molecule has 0 radical (unpaired) electrons. The summed E-state index contributed by atoms with van der Waals surface area (Å²) < 4.78 is 2.00. The van der Waals surface area contributed by atoms with Crippen LogP contribution in [-0.4, -0.2) is 15.7 Å². The summed E-state index contributed by atoms with van der Waals surface area (Å²) in [6.45, 7) is 8.33. The standard InChI is InChI=1S/C17H18N2OS/c1-11-14(12-8-6-5-7-9-12)19-13(10-20)15(17(2,3)4)18-16(19)21-11/h5-10H,1-4H3. The monoisotopic (exact) mass is 298 g/mol. The van der Waals surface area contributed by atoms with Gasteiger partial charge in [0.2, 0.25) is 0 Å². The van der Waals surface area contributed by atoms with Gasteiger partial charge in [-0.25, -0.2) is 4.98 Å². The smallest absolute Gasteiger partial charge is 0.195 e. The maximum absolute atomic E-state index is 11.7. The normalized spacial score (nSPS) is 12.0. The van der Waals surface area contributed by atoms with E-state index in [4.69, 9.17) is 4.98 Å². The van der Waals surface area contributed by atoms with Crippen LogP contribution < -0.4 is 0 Å². The average molecular weight is 298 g/mol. The number of aromatic nitrogens is 2. The van der Waals surface area contributed by atoms with Crippen molar-refractivity contribution in [1.29, 1.82) is 0 Å². The summed E-state index contributed by atoms with van der Waals surface area (Å²) in [5, 5.41) is 0. The van der Waals surface area contributed by atoms with Crippen molar-refractivity contribution in [3.63, 3.8) is 0 Å². The Bertz CT molecular complexity index is 807. The third-order valence-electron chi connectivity index (χ3n) is 3.55. The summed E-state index contributed by atoms with van der Waals surface area (Å²) in [5.74, 6) is 0. The van der Waals surface area contributed by atoms with E-state index < -0.39 is 0 Å². The lowest BCUT2D eigenvalue weighted by atomic mass is 9.91. The third kappa shape index (κ3) is 2.20. The number of carbonyl (C=O) groups excluding carboxylic acids is 1. The van der Waals surface area contributed by atoms with Crippen molar-refractivity contribution in [3.05, 3.63) is 46.6 Å². The van der Waals surface area contributed by atoms with Crippen LogP contribution in [-0.2, 0) is 5.41 Å². The number of benzene rings is 1. The van der Waals surface area contributed by atoms with Gasteiger partial charge in [0.05, 0.1) is 11.4 Å².